The molecular formula is C22H29NO4. The molecule has 0 saturated heterocycles. The maximum absolute atomic E-state index is 12.2. The average Bonchev–Trinajstić information content (AvgIpc) is 2.66. The Labute approximate surface area is 161 Å². The van der Waals surface area contributed by atoms with Gasteiger partial charge in [0.05, 0.1) is 13.2 Å². The second-order valence-corrected chi connectivity index (χ2v) is 6.64. The summed E-state index contributed by atoms with van der Waals surface area (Å²) in [6, 6.07) is 15.3. The second-order valence-electron chi connectivity index (χ2n) is 6.64. The molecule has 0 aliphatic rings. The standard InChI is InChI=1S/C22H29NO4/c1-16(2)26-20-9-7-18(8-10-20)6-5-15-23-22(24)17(3)27-21-13-11-19(25-4)12-14-21/h7-14,16-17H,5-6,15H2,1-4H3,(H,23,24)/t17-/m0/s1. The molecule has 5 heteroatoms. The van der Waals surface area contributed by atoms with Crippen molar-refractivity contribution in [3.05, 3.63) is 54.1 Å². The van der Waals surface area contributed by atoms with Crippen LogP contribution in [-0.2, 0) is 11.2 Å². The highest BCUT2D eigenvalue weighted by molar-refractivity contribution is 5.80. The van der Waals surface area contributed by atoms with E-state index in [4.69, 9.17) is 14.2 Å². The van der Waals surface area contributed by atoms with E-state index in [0.717, 1.165) is 24.3 Å². The van der Waals surface area contributed by atoms with Crippen LogP contribution >= 0.6 is 0 Å². The summed E-state index contributed by atoms with van der Waals surface area (Å²) in [5.41, 5.74) is 1.22. The molecule has 0 heterocycles. The molecule has 1 amide bonds. The second kappa shape index (κ2) is 10.5. The van der Waals surface area contributed by atoms with E-state index in [-0.39, 0.29) is 12.0 Å². The van der Waals surface area contributed by atoms with Crippen molar-refractivity contribution in [2.24, 2.45) is 0 Å². The summed E-state index contributed by atoms with van der Waals surface area (Å²) in [7, 11) is 1.61. The Morgan fingerprint density at radius 2 is 1.44 bits per heavy atom. The van der Waals surface area contributed by atoms with Gasteiger partial charge in [0.1, 0.15) is 17.2 Å². The van der Waals surface area contributed by atoms with Crippen molar-refractivity contribution in [2.45, 2.75) is 45.8 Å². The van der Waals surface area contributed by atoms with Gasteiger partial charge in [-0.15, -0.1) is 0 Å². The zero-order valence-electron chi connectivity index (χ0n) is 16.5. The minimum Gasteiger partial charge on any atom is -0.497 e. The highest BCUT2D eigenvalue weighted by Gasteiger charge is 2.14. The Bertz CT molecular complexity index is 695. The number of methoxy groups -OCH3 is 1. The van der Waals surface area contributed by atoms with Gasteiger partial charge in [-0.2, -0.15) is 0 Å². The molecule has 0 bridgehead atoms. The van der Waals surface area contributed by atoms with E-state index in [9.17, 15) is 4.79 Å². The number of ether oxygens (including phenoxy) is 3. The fourth-order valence-corrected chi connectivity index (χ4v) is 2.57. The summed E-state index contributed by atoms with van der Waals surface area (Å²) < 4.78 is 16.4. The molecule has 5 nitrogen and oxygen atoms in total. The molecule has 0 aliphatic heterocycles. The third-order valence-electron chi connectivity index (χ3n) is 3.98. The van der Waals surface area contributed by atoms with Crippen LogP contribution in [0.5, 0.6) is 17.2 Å². The number of carbonyl (C=O) groups is 1. The molecule has 0 aromatic heterocycles. The number of amides is 1. The molecule has 2 aromatic carbocycles. The molecule has 0 fully saturated rings. The van der Waals surface area contributed by atoms with E-state index in [2.05, 4.69) is 17.4 Å². The Morgan fingerprint density at radius 1 is 0.889 bits per heavy atom. The first kappa shape index (κ1) is 20.6. The van der Waals surface area contributed by atoms with Crippen molar-refractivity contribution in [2.75, 3.05) is 13.7 Å². The van der Waals surface area contributed by atoms with Crippen LogP contribution in [0.2, 0.25) is 0 Å². The molecule has 0 unspecified atom stereocenters. The molecule has 146 valence electrons. The normalized spacial score (nSPS) is 11.7. The van der Waals surface area contributed by atoms with Crippen molar-refractivity contribution < 1.29 is 19.0 Å². The Balaban J connectivity index is 1.68. The minimum atomic E-state index is -0.550. The van der Waals surface area contributed by atoms with Gasteiger partial charge in [0.25, 0.3) is 5.91 Å². The van der Waals surface area contributed by atoms with Crippen LogP contribution < -0.4 is 19.5 Å². The van der Waals surface area contributed by atoms with Gasteiger partial charge >= 0.3 is 0 Å². The number of nitrogens with one attached hydrogen (secondary N) is 1. The number of carbonyl (C=O) groups excluding carboxylic acids is 1. The molecule has 2 aromatic rings. The van der Waals surface area contributed by atoms with Crippen molar-refractivity contribution in [1.82, 2.24) is 5.32 Å². The molecular weight excluding hydrogens is 342 g/mol. The lowest BCUT2D eigenvalue weighted by molar-refractivity contribution is -0.127. The molecule has 0 aliphatic carbocycles. The highest BCUT2D eigenvalue weighted by Crippen LogP contribution is 2.18. The first-order valence-electron chi connectivity index (χ1n) is 9.32. The monoisotopic (exact) mass is 371 g/mol. The third-order valence-corrected chi connectivity index (χ3v) is 3.98. The van der Waals surface area contributed by atoms with Gasteiger partial charge in [-0.25, -0.2) is 0 Å². The van der Waals surface area contributed by atoms with E-state index in [1.54, 1.807) is 38.3 Å². The summed E-state index contributed by atoms with van der Waals surface area (Å²) in [6.07, 6.45) is 1.39. The largest absolute Gasteiger partial charge is 0.497 e. The molecule has 1 atom stereocenters. The van der Waals surface area contributed by atoms with Gasteiger partial charge in [-0.05, 0) is 75.6 Å². The molecule has 27 heavy (non-hydrogen) atoms. The van der Waals surface area contributed by atoms with E-state index in [0.29, 0.717) is 12.3 Å². The molecule has 2 rings (SSSR count). The van der Waals surface area contributed by atoms with Crippen molar-refractivity contribution >= 4 is 5.91 Å². The fourth-order valence-electron chi connectivity index (χ4n) is 2.57. The first-order valence-corrected chi connectivity index (χ1v) is 9.32. The summed E-state index contributed by atoms with van der Waals surface area (Å²) in [5, 5.41) is 2.92. The van der Waals surface area contributed by atoms with Gasteiger partial charge in [0.2, 0.25) is 0 Å². The van der Waals surface area contributed by atoms with E-state index in [1.165, 1.54) is 5.56 Å². The molecule has 1 N–H and O–H groups in total. The van der Waals surface area contributed by atoms with Crippen LogP contribution in [0, 0.1) is 0 Å². The van der Waals surface area contributed by atoms with Crippen LogP contribution in [0.3, 0.4) is 0 Å². The predicted octanol–water partition coefficient (Wildman–Crippen LogP) is 4.00. The van der Waals surface area contributed by atoms with Crippen LogP contribution in [0.25, 0.3) is 0 Å². The lowest BCUT2D eigenvalue weighted by Gasteiger charge is -2.15. The lowest BCUT2D eigenvalue weighted by atomic mass is 10.1. The Kier molecular flexibility index (Phi) is 7.99. The summed E-state index contributed by atoms with van der Waals surface area (Å²) in [5.74, 6) is 2.16. The van der Waals surface area contributed by atoms with Gasteiger partial charge < -0.3 is 19.5 Å². The average molecular weight is 371 g/mol. The molecule has 0 spiro atoms. The third kappa shape index (κ3) is 7.21. The summed E-state index contributed by atoms with van der Waals surface area (Å²) in [4.78, 5) is 12.2. The Morgan fingerprint density at radius 3 is 2.04 bits per heavy atom. The number of benzene rings is 2. The zero-order valence-corrected chi connectivity index (χ0v) is 16.5. The quantitative estimate of drug-likeness (QED) is 0.642. The maximum atomic E-state index is 12.2. The maximum Gasteiger partial charge on any atom is 0.260 e. The van der Waals surface area contributed by atoms with E-state index < -0.39 is 6.10 Å². The summed E-state index contributed by atoms with van der Waals surface area (Å²) in [6.45, 7) is 6.37. The summed E-state index contributed by atoms with van der Waals surface area (Å²) >= 11 is 0. The Hall–Kier alpha value is -2.69. The van der Waals surface area contributed by atoms with E-state index >= 15 is 0 Å². The van der Waals surface area contributed by atoms with Crippen molar-refractivity contribution in [3.8, 4) is 17.2 Å². The fraction of sp³-hybridized carbons (Fsp3) is 0.409. The molecule has 0 radical (unpaired) electrons. The SMILES string of the molecule is COc1ccc(O[C@@H](C)C(=O)NCCCc2ccc(OC(C)C)cc2)cc1. The van der Waals surface area contributed by atoms with E-state index in [1.807, 2.05) is 26.0 Å². The molecule has 0 saturated carbocycles. The van der Waals surface area contributed by atoms with Crippen molar-refractivity contribution in [1.29, 1.82) is 0 Å². The van der Waals surface area contributed by atoms with Crippen LogP contribution in [0.1, 0.15) is 32.8 Å². The number of rotatable bonds is 10. The van der Waals surface area contributed by atoms with Crippen molar-refractivity contribution in [3.63, 3.8) is 0 Å². The topological polar surface area (TPSA) is 56.8 Å². The zero-order chi connectivity index (χ0) is 19.6. The van der Waals surface area contributed by atoms with Gasteiger partial charge in [-0.1, -0.05) is 12.1 Å². The van der Waals surface area contributed by atoms with Crippen LogP contribution in [0.4, 0.5) is 0 Å². The number of aryl methyl sites for hydroxylation is 1. The number of hydrogen-bond acceptors (Lipinski definition) is 4. The smallest absolute Gasteiger partial charge is 0.260 e. The first-order chi connectivity index (χ1) is 13.0. The lowest BCUT2D eigenvalue weighted by Crippen LogP contribution is -2.36. The van der Waals surface area contributed by atoms with Crippen LogP contribution in [-0.4, -0.2) is 31.8 Å². The van der Waals surface area contributed by atoms with Gasteiger partial charge in [0, 0.05) is 6.54 Å². The highest BCUT2D eigenvalue weighted by atomic mass is 16.5. The minimum absolute atomic E-state index is 0.119. The van der Waals surface area contributed by atoms with Gasteiger partial charge in [0.15, 0.2) is 6.10 Å². The van der Waals surface area contributed by atoms with Crippen LogP contribution in [0.15, 0.2) is 48.5 Å². The number of hydrogen-bond donors (Lipinski definition) is 1. The predicted molar refractivity (Wildman–Crippen MR) is 107 cm³/mol. The van der Waals surface area contributed by atoms with Gasteiger partial charge in [-0.3, -0.25) is 4.79 Å².